The first kappa shape index (κ1) is 18.7. The highest BCUT2D eigenvalue weighted by molar-refractivity contribution is 6.31. The van der Waals surface area contributed by atoms with Crippen LogP contribution in [0.3, 0.4) is 0 Å². The Balaban J connectivity index is 2.17. The summed E-state index contributed by atoms with van der Waals surface area (Å²) < 4.78 is 0. The number of hydrogen-bond donors (Lipinski definition) is 1. The molecule has 25 heavy (non-hydrogen) atoms. The topological polar surface area (TPSA) is 66.5 Å². The summed E-state index contributed by atoms with van der Waals surface area (Å²) in [6, 6.07) is 11.8. The van der Waals surface area contributed by atoms with Crippen molar-refractivity contribution in [2.45, 2.75) is 20.8 Å². The average molecular weight is 359 g/mol. The Bertz CT molecular complexity index is 833. The van der Waals surface area contributed by atoms with E-state index in [0.29, 0.717) is 22.0 Å². The fourth-order valence-corrected chi connectivity index (χ4v) is 2.47. The van der Waals surface area contributed by atoms with E-state index in [1.54, 1.807) is 42.5 Å². The van der Waals surface area contributed by atoms with Crippen LogP contribution in [0, 0.1) is 6.92 Å². The fourth-order valence-electron chi connectivity index (χ4n) is 2.29. The second-order valence-corrected chi connectivity index (χ2v) is 6.13. The van der Waals surface area contributed by atoms with Crippen molar-refractivity contribution in [3.63, 3.8) is 0 Å². The number of rotatable bonds is 5. The zero-order valence-corrected chi connectivity index (χ0v) is 15.1. The molecule has 0 atom stereocenters. The molecule has 6 heteroatoms. The average Bonchev–Trinajstić information content (AvgIpc) is 2.56. The third kappa shape index (κ3) is 4.90. The van der Waals surface area contributed by atoms with Crippen molar-refractivity contribution in [1.29, 1.82) is 0 Å². The van der Waals surface area contributed by atoms with Gasteiger partial charge in [-0.05, 0) is 43.7 Å². The van der Waals surface area contributed by atoms with E-state index in [4.69, 9.17) is 11.6 Å². The Morgan fingerprint density at radius 3 is 2.40 bits per heavy atom. The summed E-state index contributed by atoms with van der Waals surface area (Å²) in [4.78, 5) is 37.1. The van der Waals surface area contributed by atoms with Gasteiger partial charge in [0.25, 0.3) is 0 Å². The molecular weight excluding hydrogens is 340 g/mol. The molecule has 0 aromatic heterocycles. The van der Waals surface area contributed by atoms with E-state index in [1.165, 1.54) is 18.7 Å². The van der Waals surface area contributed by atoms with Gasteiger partial charge in [-0.3, -0.25) is 14.4 Å². The van der Waals surface area contributed by atoms with Crippen LogP contribution in [0.4, 0.5) is 11.4 Å². The van der Waals surface area contributed by atoms with Crippen LogP contribution in [-0.4, -0.2) is 24.1 Å². The monoisotopic (exact) mass is 358 g/mol. The van der Waals surface area contributed by atoms with Gasteiger partial charge in [-0.2, -0.15) is 0 Å². The van der Waals surface area contributed by atoms with Crippen LogP contribution in [0.15, 0.2) is 42.5 Å². The van der Waals surface area contributed by atoms with E-state index in [-0.39, 0.29) is 24.1 Å². The molecule has 0 bridgehead atoms. The normalized spacial score (nSPS) is 10.2. The van der Waals surface area contributed by atoms with Gasteiger partial charge in [0.15, 0.2) is 5.78 Å². The molecule has 0 saturated carbocycles. The Kier molecular flexibility index (Phi) is 5.93. The number of benzene rings is 2. The summed E-state index contributed by atoms with van der Waals surface area (Å²) in [5, 5.41) is 3.27. The second kappa shape index (κ2) is 7.94. The van der Waals surface area contributed by atoms with Crippen molar-refractivity contribution in [2.24, 2.45) is 0 Å². The molecule has 0 heterocycles. The Hall–Kier alpha value is -2.66. The number of ketones is 1. The number of hydrogen-bond acceptors (Lipinski definition) is 3. The number of carbonyl (C=O) groups excluding carboxylic acids is 3. The number of amides is 2. The van der Waals surface area contributed by atoms with E-state index in [2.05, 4.69) is 5.32 Å². The van der Waals surface area contributed by atoms with Gasteiger partial charge in [-0.25, -0.2) is 0 Å². The molecule has 1 N–H and O–H groups in total. The van der Waals surface area contributed by atoms with Gasteiger partial charge in [-0.1, -0.05) is 29.8 Å². The molecule has 0 saturated heterocycles. The highest BCUT2D eigenvalue weighted by atomic mass is 35.5. The lowest BCUT2D eigenvalue weighted by Gasteiger charge is -2.21. The number of anilines is 2. The fraction of sp³-hybridized carbons (Fsp3) is 0.211. The predicted octanol–water partition coefficient (Wildman–Crippen LogP) is 3.84. The first-order valence-corrected chi connectivity index (χ1v) is 8.11. The highest BCUT2D eigenvalue weighted by Crippen LogP contribution is 2.21. The van der Waals surface area contributed by atoms with Crippen LogP contribution >= 0.6 is 11.6 Å². The first-order valence-electron chi connectivity index (χ1n) is 7.73. The van der Waals surface area contributed by atoms with Crippen molar-refractivity contribution in [3.8, 4) is 0 Å². The number of nitrogens with zero attached hydrogens (tertiary/aromatic N) is 1. The largest absolute Gasteiger partial charge is 0.324 e. The lowest BCUT2D eigenvalue weighted by Crippen LogP contribution is -2.36. The number of aryl methyl sites for hydroxylation is 1. The zero-order chi connectivity index (χ0) is 18.6. The Labute approximate surface area is 151 Å². The van der Waals surface area contributed by atoms with Gasteiger partial charge in [0.2, 0.25) is 11.8 Å². The third-order valence-corrected chi connectivity index (χ3v) is 4.11. The lowest BCUT2D eigenvalue weighted by molar-refractivity contribution is -0.120. The number of carbonyl (C=O) groups is 3. The molecule has 2 aromatic carbocycles. The summed E-state index contributed by atoms with van der Waals surface area (Å²) in [7, 11) is 0. The van der Waals surface area contributed by atoms with Crippen molar-refractivity contribution < 1.29 is 14.4 Å². The summed E-state index contributed by atoms with van der Waals surface area (Å²) in [6.45, 7) is 4.52. The molecule has 2 aromatic rings. The zero-order valence-electron chi connectivity index (χ0n) is 14.3. The quantitative estimate of drug-likeness (QED) is 0.826. The van der Waals surface area contributed by atoms with Crippen molar-refractivity contribution in [3.05, 3.63) is 58.6 Å². The molecule has 0 unspecified atom stereocenters. The summed E-state index contributed by atoms with van der Waals surface area (Å²) in [6.07, 6.45) is 0. The van der Waals surface area contributed by atoms with Crippen molar-refractivity contribution in [1.82, 2.24) is 0 Å². The molecule has 5 nitrogen and oxygen atoms in total. The third-order valence-electron chi connectivity index (χ3n) is 3.70. The highest BCUT2D eigenvalue weighted by Gasteiger charge is 2.17. The number of halogens is 1. The summed E-state index contributed by atoms with van der Waals surface area (Å²) in [5.41, 5.74) is 2.44. The van der Waals surface area contributed by atoms with Gasteiger partial charge >= 0.3 is 0 Å². The molecule has 0 aliphatic carbocycles. The molecule has 2 rings (SSSR count). The van der Waals surface area contributed by atoms with Gasteiger partial charge in [0.1, 0.15) is 6.54 Å². The van der Waals surface area contributed by atoms with Crippen molar-refractivity contribution in [2.75, 3.05) is 16.8 Å². The van der Waals surface area contributed by atoms with Crippen LogP contribution < -0.4 is 10.2 Å². The SMILES string of the molecule is CC(=O)c1cccc(N(CC(=O)Nc2ccc(C)c(Cl)c2)C(C)=O)c1. The molecule has 0 aliphatic rings. The van der Waals surface area contributed by atoms with Gasteiger partial charge in [0, 0.05) is 28.9 Å². The Morgan fingerprint density at radius 2 is 1.80 bits per heavy atom. The van der Waals surface area contributed by atoms with Gasteiger partial charge in [-0.15, -0.1) is 0 Å². The minimum atomic E-state index is -0.358. The maximum atomic E-state index is 12.3. The van der Waals surface area contributed by atoms with Crippen LogP contribution in [0.2, 0.25) is 5.02 Å². The molecule has 130 valence electrons. The lowest BCUT2D eigenvalue weighted by atomic mass is 10.1. The summed E-state index contributed by atoms with van der Waals surface area (Å²) >= 11 is 6.05. The minimum Gasteiger partial charge on any atom is -0.324 e. The molecule has 2 amide bonds. The van der Waals surface area contributed by atoms with Crippen LogP contribution in [-0.2, 0) is 9.59 Å². The maximum absolute atomic E-state index is 12.3. The van der Waals surface area contributed by atoms with E-state index in [0.717, 1.165) is 5.56 Å². The standard InChI is InChI=1S/C19H19ClN2O3/c1-12-7-8-16(10-18(12)20)21-19(25)11-22(14(3)24)17-6-4-5-15(9-17)13(2)23/h4-10H,11H2,1-3H3,(H,21,25). The minimum absolute atomic E-state index is 0.107. The molecule has 0 radical (unpaired) electrons. The second-order valence-electron chi connectivity index (χ2n) is 5.72. The Morgan fingerprint density at radius 1 is 1.08 bits per heavy atom. The van der Waals surface area contributed by atoms with Gasteiger partial charge in [0.05, 0.1) is 0 Å². The van der Waals surface area contributed by atoms with Crippen molar-refractivity contribution >= 4 is 40.6 Å². The molecular formula is C19H19ClN2O3. The van der Waals surface area contributed by atoms with Gasteiger partial charge < -0.3 is 10.2 Å². The van der Waals surface area contributed by atoms with Crippen LogP contribution in [0.5, 0.6) is 0 Å². The van der Waals surface area contributed by atoms with Crippen LogP contribution in [0.1, 0.15) is 29.8 Å². The maximum Gasteiger partial charge on any atom is 0.244 e. The summed E-state index contributed by atoms with van der Waals surface area (Å²) in [5.74, 6) is -0.759. The molecule has 0 spiro atoms. The van der Waals surface area contributed by atoms with E-state index < -0.39 is 0 Å². The molecule has 0 fully saturated rings. The molecule has 0 aliphatic heterocycles. The first-order chi connectivity index (χ1) is 11.8. The predicted molar refractivity (Wildman–Crippen MR) is 99.3 cm³/mol. The number of nitrogens with one attached hydrogen (secondary N) is 1. The smallest absolute Gasteiger partial charge is 0.244 e. The van der Waals surface area contributed by atoms with Crippen LogP contribution in [0.25, 0.3) is 0 Å². The van der Waals surface area contributed by atoms with E-state index in [1.807, 2.05) is 6.92 Å². The number of Topliss-reactive ketones (excluding diaryl/α,β-unsaturated/α-hetero) is 1. The van der Waals surface area contributed by atoms with E-state index >= 15 is 0 Å². The van der Waals surface area contributed by atoms with E-state index in [9.17, 15) is 14.4 Å².